The summed E-state index contributed by atoms with van der Waals surface area (Å²) in [5.41, 5.74) is 1.12. The van der Waals surface area contributed by atoms with Gasteiger partial charge in [-0.2, -0.15) is 4.31 Å². The van der Waals surface area contributed by atoms with Gasteiger partial charge in [0.25, 0.3) is 0 Å². The predicted molar refractivity (Wildman–Crippen MR) is 86.7 cm³/mol. The van der Waals surface area contributed by atoms with Gasteiger partial charge in [-0.25, -0.2) is 13.2 Å². The Morgan fingerprint density at radius 1 is 1.26 bits per heavy atom. The molecule has 0 saturated carbocycles. The molecule has 0 bridgehead atoms. The number of hydrogen-bond donors (Lipinski definition) is 0. The molecule has 0 aliphatic carbocycles. The summed E-state index contributed by atoms with van der Waals surface area (Å²) < 4.78 is 36.2. The number of nitrogens with zero attached hydrogens (tertiary/aromatic N) is 1. The van der Waals surface area contributed by atoms with Crippen LogP contribution in [-0.2, 0) is 19.5 Å². The van der Waals surface area contributed by atoms with E-state index in [-0.39, 0.29) is 12.4 Å². The number of ether oxygens (including phenoxy) is 2. The quantitative estimate of drug-likeness (QED) is 0.579. The third-order valence-corrected chi connectivity index (χ3v) is 5.40. The van der Waals surface area contributed by atoms with Crippen LogP contribution < -0.4 is 0 Å². The molecule has 1 aromatic rings. The van der Waals surface area contributed by atoms with Crippen molar-refractivity contribution < 1.29 is 22.7 Å². The van der Waals surface area contributed by atoms with Crippen molar-refractivity contribution in [1.82, 2.24) is 4.31 Å². The molecule has 0 radical (unpaired) electrons. The standard InChI is InChI=1S/C16H21NO5S/c1-14(13-23(19,20)17-8-11-21-12-9-17)7-10-22-16(18)15-5-3-2-4-6-15/h2-7H,8-13H2,1H3/b14-7-. The van der Waals surface area contributed by atoms with Gasteiger partial charge in [0.2, 0.25) is 10.0 Å². The van der Waals surface area contributed by atoms with Gasteiger partial charge < -0.3 is 9.47 Å². The van der Waals surface area contributed by atoms with Gasteiger partial charge in [0.15, 0.2) is 0 Å². The number of morpholine rings is 1. The molecule has 1 aliphatic rings. The summed E-state index contributed by atoms with van der Waals surface area (Å²) in [6.45, 7) is 3.40. The molecule has 0 aromatic heterocycles. The van der Waals surface area contributed by atoms with Crippen LogP contribution in [0.1, 0.15) is 17.3 Å². The third kappa shape index (κ3) is 5.46. The fraction of sp³-hybridized carbons (Fsp3) is 0.438. The molecule has 2 rings (SSSR count). The molecule has 126 valence electrons. The van der Waals surface area contributed by atoms with Crippen molar-refractivity contribution in [2.24, 2.45) is 0 Å². The second-order valence-electron chi connectivity index (χ2n) is 5.28. The Morgan fingerprint density at radius 3 is 2.57 bits per heavy atom. The lowest BCUT2D eigenvalue weighted by molar-refractivity contribution is 0.0549. The predicted octanol–water partition coefficient (Wildman–Crippen LogP) is 1.45. The van der Waals surface area contributed by atoms with E-state index in [4.69, 9.17) is 9.47 Å². The summed E-state index contributed by atoms with van der Waals surface area (Å²) in [7, 11) is -3.34. The molecule has 0 atom stereocenters. The van der Waals surface area contributed by atoms with Crippen LogP contribution >= 0.6 is 0 Å². The van der Waals surface area contributed by atoms with Gasteiger partial charge in [-0.1, -0.05) is 23.8 Å². The van der Waals surface area contributed by atoms with Crippen molar-refractivity contribution in [2.75, 3.05) is 38.7 Å². The highest BCUT2D eigenvalue weighted by atomic mass is 32.2. The van der Waals surface area contributed by atoms with Crippen molar-refractivity contribution >= 4 is 16.0 Å². The van der Waals surface area contributed by atoms with E-state index in [0.29, 0.717) is 37.4 Å². The molecular weight excluding hydrogens is 318 g/mol. The Labute approximate surface area is 136 Å². The number of benzene rings is 1. The van der Waals surface area contributed by atoms with Gasteiger partial charge in [0.1, 0.15) is 6.61 Å². The van der Waals surface area contributed by atoms with Crippen LogP contribution in [-0.4, -0.2) is 57.4 Å². The molecule has 1 fully saturated rings. The highest BCUT2D eigenvalue weighted by Crippen LogP contribution is 2.10. The first-order valence-electron chi connectivity index (χ1n) is 7.42. The Bertz CT molecular complexity index is 648. The molecule has 1 aromatic carbocycles. The van der Waals surface area contributed by atoms with E-state index in [0.717, 1.165) is 0 Å². The van der Waals surface area contributed by atoms with E-state index in [9.17, 15) is 13.2 Å². The van der Waals surface area contributed by atoms with Gasteiger partial charge in [-0.15, -0.1) is 0 Å². The van der Waals surface area contributed by atoms with Gasteiger partial charge in [-0.3, -0.25) is 0 Å². The first kappa shape index (κ1) is 17.7. The van der Waals surface area contributed by atoms with Crippen LogP contribution in [0.25, 0.3) is 0 Å². The molecule has 1 saturated heterocycles. The molecule has 0 spiro atoms. The maximum atomic E-state index is 12.2. The van der Waals surface area contributed by atoms with E-state index in [1.165, 1.54) is 4.31 Å². The summed E-state index contributed by atoms with van der Waals surface area (Å²) in [5, 5.41) is 0. The third-order valence-electron chi connectivity index (χ3n) is 3.43. The van der Waals surface area contributed by atoms with Crippen molar-refractivity contribution in [1.29, 1.82) is 0 Å². The van der Waals surface area contributed by atoms with Crippen LogP contribution in [0, 0.1) is 0 Å². The molecule has 0 amide bonds. The molecule has 0 N–H and O–H groups in total. The number of rotatable bonds is 6. The van der Waals surface area contributed by atoms with Gasteiger partial charge in [0.05, 0.1) is 24.5 Å². The van der Waals surface area contributed by atoms with Crippen LogP contribution in [0.2, 0.25) is 0 Å². The molecular formula is C16H21NO5S. The summed E-state index contributed by atoms with van der Waals surface area (Å²) in [6.07, 6.45) is 1.62. The van der Waals surface area contributed by atoms with Gasteiger partial charge in [0, 0.05) is 13.1 Å². The number of esters is 1. The summed E-state index contributed by atoms with van der Waals surface area (Å²) in [5.74, 6) is -0.499. The minimum absolute atomic E-state index is 0.0538. The van der Waals surface area contributed by atoms with Crippen molar-refractivity contribution in [3.63, 3.8) is 0 Å². The van der Waals surface area contributed by atoms with E-state index >= 15 is 0 Å². The maximum Gasteiger partial charge on any atom is 0.338 e. The van der Waals surface area contributed by atoms with E-state index < -0.39 is 16.0 Å². The largest absolute Gasteiger partial charge is 0.458 e. The van der Waals surface area contributed by atoms with Gasteiger partial charge >= 0.3 is 5.97 Å². The monoisotopic (exact) mass is 339 g/mol. The minimum Gasteiger partial charge on any atom is -0.458 e. The second-order valence-corrected chi connectivity index (χ2v) is 7.25. The Balaban J connectivity index is 1.84. The molecule has 6 nitrogen and oxygen atoms in total. The van der Waals surface area contributed by atoms with E-state index in [1.807, 2.05) is 6.07 Å². The lowest BCUT2D eigenvalue weighted by atomic mass is 10.2. The molecule has 0 unspecified atom stereocenters. The minimum atomic E-state index is -3.34. The Hall–Kier alpha value is -1.70. The highest BCUT2D eigenvalue weighted by molar-refractivity contribution is 7.89. The summed E-state index contributed by atoms with van der Waals surface area (Å²) >= 11 is 0. The highest BCUT2D eigenvalue weighted by Gasteiger charge is 2.24. The number of carbonyl (C=O) groups excluding carboxylic acids is 1. The fourth-order valence-electron chi connectivity index (χ4n) is 2.18. The van der Waals surface area contributed by atoms with Crippen LogP contribution in [0.15, 0.2) is 42.0 Å². The van der Waals surface area contributed by atoms with Crippen LogP contribution in [0.3, 0.4) is 0 Å². The summed E-state index contributed by atoms with van der Waals surface area (Å²) in [6, 6.07) is 8.67. The summed E-state index contributed by atoms with van der Waals surface area (Å²) in [4.78, 5) is 11.8. The topological polar surface area (TPSA) is 72.9 Å². The number of sulfonamides is 1. The van der Waals surface area contributed by atoms with Crippen LogP contribution in [0.5, 0.6) is 0 Å². The molecule has 1 heterocycles. The Morgan fingerprint density at radius 2 is 1.91 bits per heavy atom. The first-order chi connectivity index (χ1) is 11.0. The van der Waals surface area contributed by atoms with E-state index in [1.54, 1.807) is 37.3 Å². The zero-order valence-electron chi connectivity index (χ0n) is 13.1. The number of hydrogen-bond acceptors (Lipinski definition) is 5. The maximum absolute atomic E-state index is 12.2. The van der Waals surface area contributed by atoms with Crippen molar-refractivity contribution in [2.45, 2.75) is 6.92 Å². The molecule has 23 heavy (non-hydrogen) atoms. The van der Waals surface area contributed by atoms with Gasteiger partial charge in [-0.05, 0) is 25.1 Å². The normalized spacial score (nSPS) is 17.0. The smallest absolute Gasteiger partial charge is 0.338 e. The van der Waals surface area contributed by atoms with E-state index in [2.05, 4.69) is 0 Å². The SMILES string of the molecule is C/C(=C/COC(=O)c1ccccc1)CS(=O)(=O)N1CCOCC1. The fourth-order valence-corrected chi connectivity index (χ4v) is 3.76. The Kier molecular flexibility index (Phi) is 6.32. The lowest BCUT2D eigenvalue weighted by Gasteiger charge is -2.26. The average molecular weight is 339 g/mol. The lowest BCUT2D eigenvalue weighted by Crippen LogP contribution is -2.42. The van der Waals surface area contributed by atoms with Crippen molar-refractivity contribution in [3.8, 4) is 0 Å². The molecule has 7 heteroatoms. The van der Waals surface area contributed by atoms with Crippen LogP contribution in [0.4, 0.5) is 0 Å². The van der Waals surface area contributed by atoms with Crippen molar-refractivity contribution in [3.05, 3.63) is 47.5 Å². The number of carbonyl (C=O) groups is 1. The zero-order chi connectivity index (χ0) is 16.7. The average Bonchev–Trinajstić information content (AvgIpc) is 2.56. The molecule has 1 aliphatic heterocycles. The first-order valence-corrected chi connectivity index (χ1v) is 9.03. The zero-order valence-corrected chi connectivity index (χ0v) is 13.9. The second kappa shape index (κ2) is 8.24.